The molecule has 0 saturated carbocycles. The average molecular weight is 888 g/mol. The lowest BCUT2D eigenvalue weighted by Crippen LogP contribution is -3.00. The van der Waals surface area contributed by atoms with Crippen LogP contribution in [0, 0.1) is 0 Å². The summed E-state index contributed by atoms with van der Waals surface area (Å²) in [6.07, 6.45) is 3.66. The van der Waals surface area contributed by atoms with E-state index >= 15 is 0 Å². The highest BCUT2D eigenvalue weighted by Gasteiger charge is 2.55. The first-order valence-corrected chi connectivity index (χ1v) is 19.6. The second kappa shape index (κ2) is 18.9. The van der Waals surface area contributed by atoms with Gasteiger partial charge in [0.1, 0.15) is 53.7 Å². The highest BCUT2D eigenvalue weighted by molar-refractivity contribution is 8.00. The molecule has 0 aliphatic carbocycles. The molecule has 1 aromatic carbocycles. The number of ether oxygens (including phenoxy) is 3. The molecule has 5 heterocycles. The summed E-state index contributed by atoms with van der Waals surface area (Å²) in [5.74, 6) is -1.12. The molecule has 18 nitrogen and oxygen atoms in total. The van der Waals surface area contributed by atoms with Crippen LogP contribution in [-0.4, -0.2) is 96.4 Å². The zero-order valence-corrected chi connectivity index (χ0v) is 35.1. The third-order valence-corrected chi connectivity index (χ3v) is 10.4. The van der Waals surface area contributed by atoms with Gasteiger partial charge in [-0.05, 0) is 75.5 Å². The maximum atomic E-state index is 14.0. The van der Waals surface area contributed by atoms with Crippen molar-refractivity contribution in [3.05, 3.63) is 71.6 Å². The van der Waals surface area contributed by atoms with Gasteiger partial charge in [-0.2, -0.15) is 9.36 Å². The SMILES string of the molecule is CCO/N=C(\C(=O)NC1C(=O)N2C(C(=O)OCc3ccc(OC)cc3)=C(C[n+]3cccc4c3ncn4CCCN)CSC12)c1nsc(NC(=O)OC(C)(C)C)n1.[Br-]. The van der Waals surface area contributed by atoms with E-state index in [-0.39, 0.29) is 59.1 Å². The Bertz CT molecular complexity index is 2170. The van der Waals surface area contributed by atoms with E-state index in [1.807, 2.05) is 27.5 Å². The van der Waals surface area contributed by atoms with Crippen LogP contribution in [0.2, 0.25) is 0 Å². The van der Waals surface area contributed by atoms with Crippen molar-refractivity contribution in [1.82, 2.24) is 29.1 Å². The molecule has 4 aromatic rings. The van der Waals surface area contributed by atoms with Gasteiger partial charge < -0.3 is 51.6 Å². The highest BCUT2D eigenvalue weighted by Crippen LogP contribution is 2.41. The van der Waals surface area contributed by atoms with Gasteiger partial charge in [-0.1, -0.05) is 17.3 Å². The Kier molecular flexibility index (Phi) is 14.2. The smallest absolute Gasteiger partial charge is 0.414 e. The molecule has 304 valence electrons. The molecule has 0 radical (unpaired) electrons. The van der Waals surface area contributed by atoms with Crippen molar-refractivity contribution in [1.29, 1.82) is 0 Å². The topological polar surface area (TPSA) is 218 Å². The number of β-lactam (4-membered cyclic amide) rings is 1. The van der Waals surface area contributed by atoms with Gasteiger partial charge >= 0.3 is 17.7 Å². The number of imidazole rings is 1. The van der Waals surface area contributed by atoms with Crippen molar-refractivity contribution >= 4 is 69.2 Å². The van der Waals surface area contributed by atoms with Gasteiger partial charge in [-0.15, -0.1) is 11.8 Å². The minimum absolute atomic E-state index is 0. The third kappa shape index (κ3) is 10.1. The van der Waals surface area contributed by atoms with Crippen LogP contribution in [0.4, 0.5) is 9.93 Å². The molecule has 57 heavy (non-hydrogen) atoms. The number of oxime groups is 1. The molecule has 1 saturated heterocycles. The number of halogens is 1. The number of hydrogen-bond acceptors (Lipinski definition) is 15. The minimum Gasteiger partial charge on any atom is -1.00 e. The number of nitrogens with two attached hydrogens (primary N) is 1. The predicted molar refractivity (Wildman–Crippen MR) is 206 cm³/mol. The number of nitrogens with zero attached hydrogens (tertiary/aromatic N) is 7. The van der Waals surface area contributed by atoms with Crippen molar-refractivity contribution in [3.63, 3.8) is 0 Å². The molecule has 2 unspecified atom stereocenters. The first-order chi connectivity index (χ1) is 26.9. The lowest BCUT2D eigenvalue weighted by atomic mass is 10.0. The largest absolute Gasteiger partial charge is 1.00 e. The number of hydrogen-bond donors (Lipinski definition) is 3. The second-order valence-electron chi connectivity index (χ2n) is 13.6. The summed E-state index contributed by atoms with van der Waals surface area (Å²) in [6.45, 7) is 8.42. The number of carbonyl (C=O) groups is 4. The average Bonchev–Trinajstić information content (AvgIpc) is 3.81. The summed E-state index contributed by atoms with van der Waals surface area (Å²) < 4.78 is 24.4. The van der Waals surface area contributed by atoms with Crippen molar-refractivity contribution in [2.24, 2.45) is 10.9 Å². The molecular formula is C36H43BrN10O8S2. The fourth-order valence-corrected chi connectivity index (χ4v) is 7.76. The molecule has 3 amide bonds. The van der Waals surface area contributed by atoms with Crippen LogP contribution >= 0.6 is 23.3 Å². The first kappa shape index (κ1) is 43.0. The zero-order chi connectivity index (χ0) is 40.0. The number of methoxy groups -OCH3 is 1. The molecule has 6 rings (SSSR count). The van der Waals surface area contributed by atoms with Crippen LogP contribution in [0.1, 0.15) is 45.5 Å². The molecule has 2 aliphatic heterocycles. The third-order valence-electron chi connectivity index (χ3n) is 8.42. The number of benzene rings is 1. The Morgan fingerprint density at radius 3 is 2.63 bits per heavy atom. The lowest BCUT2D eigenvalue weighted by Gasteiger charge is -2.49. The van der Waals surface area contributed by atoms with Gasteiger partial charge in [-0.25, -0.2) is 14.2 Å². The number of amides is 3. The van der Waals surface area contributed by atoms with Crippen LogP contribution in [-0.2, 0) is 48.4 Å². The molecule has 2 atom stereocenters. The highest BCUT2D eigenvalue weighted by atomic mass is 79.9. The van der Waals surface area contributed by atoms with Crippen molar-refractivity contribution in [2.45, 2.75) is 70.8 Å². The summed E-state index contributed by atoms with van der Waals surface area (Å²) in [6, 6.07) is 9.94. The number of carbonyl (C=O) groups excluding carboxylic acids is 4. The molecule has 21 heteroatoms. The molecule has 3 aromatic heterocycles. The number of rotatable bonds is 15. The lowest BCUT2D eigenvalue weighted by molar-refractivity contribution is -0.664. The van der Waals surface area contributed by atoms with E-state index in [0.29, 0.717) is 35.8 Å². The predicted octanol–water partition coefficient (Wildman–Crippen LogP) is -0.278. The van der Waals surface area contributed by atoms with Crippen LogP contribution in [0.25, 0.3) is 11.2 Å². The Morgan fingerprint density at radius 1 is 1.16 bits per heavy atom. The number of fused-ring (bicyclic) bond motifs is 2. The van der Waals surface area contributed by atoms with Crippen molar-refractivity contribution < 1.29 is 59.8 Å². The number of aromatic nitrogens is 5. The number of esters is 1. The monoisotopic (exact) mass is 886 g/mol. The van der Waals surface area contributed by atoms with Crippen LogP contribution < -0.4 is 42.7 Å². The fraction of sp³-hybridized carbons (Fsp3) is 0.417. The first-order valence-electron chi connectivity index (χ1n) is 17.8. The van der Waals surface area contributed by atoms with E-state index in [9.17, 15) is 19.2 Å². The Balaban J connectivity index is 0.00000620. The Labute approximate surface area is 347 Å². The van der Waals surface area contributed by atoms with Gasteiger partial charge in [-0.3, -0.25) is 19.8 Å². The molecular weight excluding hydrogens is 844 g/mol. The number of anilines is 1. The van der Waals surface area contributed by atoms with Crippen LogP contribution in [0.15, 0.2) is 65.3 Å². The quantitative estimate of drug-likeness (QED) is 0.0461. The Hall–Kier alpha value is -5.12. The van der Waals surface area contributed by atoms with E-state index in [1.54, 1.807) is 65.4 Å². The van der Waals surface area contributed by atoms with Crippen molar-refractivity contribution in [3.8, 4) is 5.75 Å². The number of pyridine rings is 1. The molecule has 0 bridgehead atoms. The second-order valence-corrected chi connectivity index (χ2v) is 15.4. The standard InChI is InChI=1S/C36H42N10O8S2.BrH/c1-6-53-42-25(28-40-34(56-43-28)41-35(50)54-36(2,3)4)30(47)39-26-31(48)46-27(33(49)52-18-21-10-12-23(51-5)13-11-21)22(19-55-32(26)46)17-44-15-7-9-24-29(44)38-20-45(24)16-8-14-37;/h7,9-13,15,20,26,32H,6,8,14,16-19,37H2,1-5H3,(H-,39,40,41,43,47,50);1H/b42-25-;. The maximum absolute atomic E-state index is 14.0. The number of aryl methyl sites for hydroxylation is 1. The summed E-state index contributed by atoms with van der Waals surface area (Å²) in [4.78, 5) is 69.3. The van der Waals surface area contributed by atoms with E-state index in [2.05, 4.69) is 30.1 Å². The molecule has 4 N–H and O–H groups in total. The van der Waals surface area contributed by atoms with E-state index in [0.717, 1.165) is 29.0 Å². The van der Waals surface area contributed by atoms with Crippen LogP contribution in [0.5, 0.6) is 5.75 Å². The molecule has 1 fully saturated rings. The van der Waals surface area contributed by atoms with Gasteiger partial charge in [0.05, 0.1) is 13.3 Å². The van der Waals surface area contributed by atoms with E-state index in [1.165, 1.54) is 16.7 Å². The maximum Gasteiger partial charge on any atom is 0.414 e. The minimum atomic E-state index is -1.03. The molecule has 2 aliphatic rings. The summed E-state index contributed by atoms with van der Waals surface area (Å²) in [5, 5.41) is 8.55. The normalized spacial score (nSPS) is 16.6. The molecule has 0 spiro atoms. The summed E-state index contributed by atoms with van der Waals surface area (Å²) in [5.41, 5.74) is 7.78. The number of thioether (sulfide) groups is 1. The van der Waals surface area contributed by atoms with Gasteiger partial charge in [0.2, 0.25) is 23.0 Å². The number of nitrogens with one attached hydrogen (secondary N) is 2. The van der Waals surface area contributed by atoms with E-state index < -0.39 is 40.9 Å². The van der Waals surface area contributed by atoms with E-state index in [4.69, 9.17) is 24.8 Å². The van der Waals surface area contributed by atoms with Gasteiger partial charge in [0.25, 0.3) is 11.8 Å². The van der Waals surface area contributed by atoms with Gasteiger partial charge in [0.15, 0.2) is 0 Å². The summed E-state index contributed by atoms with van der Waals surface area (Å²) >= 11 is 2.20. The van der Waals surface area contributed by atoms with Gasteiger partial charge in [0, 0.05) is 29.4 Å². The summed E-state index contributed by atoms with van der Waals surface area (Å²) in [7, 11) is 1.56. The van der Waals surface area contributed by atoms with Crippen LogP contribution in [0.3, 0.4) is 0 Å². The Morgan fingerprint density at radius 2 is 1.93 bits per heavy atom. The fourth-order valence-electron chi connectivity index (χ4n) is 5.87. The van der Waals surface area contributed by atoms with Crippen molar-refractivity contribution in [2.75, 3.05) is 31.3 Å². The zero-order valence-electron chi connectivity index (χ0n) is 31.9.